The zero-order valence-electron chi connectivity index (χ0n) is 19.3. The zero-order chi connectivity index (χ0) is 22.6. The van der Waals surface area contributed by atoms with Gasteiger partial charge < -0.3 is 4.74 Å². The van der Waals surface area contributed by atoms with Crippen molar-refractivity contribution < 1.29 is 17.9 Å². The Labute approximate surface area is 174 Å². The Morgan fingerprint density at radius 1 is 0.828 bits per heavy atom. The van der Waals surface area contributed by atoms with E-state index in [0.717, 1.165) is 27.9 Å². The maximum atomic E-state index is 12.7. The molecule has 1 fully saturated rings. The van der Waals surface area contributed by atoms with Gasteiger partial charge in [-0.2, -0.15) is 13.2 Å². The van der Waals surface area contributed by atoms with Crippen LogP contribution in [0.15, 0.2) is 24.3 Å². The lowest BCUT2D eigenvalue weighted by Gasteiger charge is -2.30. The van der Waals surface area contributed by atoms with Gasteiger partial charge in [0, 0.05) is 16.6 Å². The van der Waals surface area contributed by atoms with E-state index in [1.165, 1.54) is 0 Å². The maximum Gasteiger partial charge on any atom is 0.391 e. The van der Waals surface area contributed by atoms with Crippen LogP contribution in [0.3, 0.4) is 0 Å². The predicted molar refractivity (Wildman–Crippen MR) is 118 cm³/mol. The van der Waals surface area contributed by atoms with Crippen LogP contribution in [0.2, 0.25) is 0 Å². The Kier molecular flexibility index (Phi) is 12.6. The third-order valence-electron chi connectivity index (χ3n) is 4.66. The summed E-state index contributed by atoms with van der Waals surface area (Å²) in [5, 5.41) is 1.03. The molecule has 5 heteroatoms. The molecular formula is C24H38F3NO. The minimum absolute atomic E-state index is 0.136. The van der Waals surface area contributed by atoms with Gasteiger partial charge in [0.05, 0.1) is 17.5 Å². The van der Waals surface area contributed by atoms with E-state index < -0.39 is 12.1 Å². The number of alkyl halides is 3. The molecule has 0 aliphatic heterocycles. The fraction of sp³-hybridized carbons (Fsp3) is 0.625. The van der Waals surface area contributed by atoms with Gasteiger partial charge >= 0.3 is 6.18 Å². The Bertz CT molecular complexity index is 705. The van der Waals surface area contributed by atoms with Crippen LogP contribution in [0.5, 0.6) is 5.75 Å². The van der Waals surface area contributed by atoms with Crippen LogP contribution in [0.4, 0.5) is 13.2 Å². The van der Waals surface area contributed by atoms with Crippen LogP contribution in [0, 0.1) is 19.8 Å². The molecule has 0 unspecified atom stereocenters. The van der Waals surface area contributed by atoms with Crippen molar-refractivity contribution in [2.75, 3.05) is 0 Å². The molecule has 1 aromatic heterocycles. The monoisotopic (exact) mass is 413 g/mol. The van der Waals surface area contributed by atoms with Gasteiger partial charge in [-0.15, -0.1) is 0 Å². The lowest BCUT2D eigenvalue weighted by molar-refractivity contribution is -0.185. The van der Waals surface area contributed by atoms with Gasteiger partial charge in [-0.25, -0.2) is 0 Å². The highest BCUT2D eigenvalue weighted by atomic mass is 19.4. The number of hydrogen-bond donors (Lipinski definition) is 0. The summed E-state index contributed by atoms with van der Waals surface area (Å²) < 4.78 is 44.1. The summed E-state index contributed by atoms with van der Waals surface area (Å²) in [6, 6.07) is 7.75. The minimum atomic E-state index is -4.08. The highest BCUT2D eigenvalue weighted by molar-refractivity contribution is 5.84. The molecule has 0 N–H and O–H groups in total. The van der Waals surface area contributed by atoms with Crippen LogP contribution in [-0.4, -0.2) is 17.3 Å². The lowest BCUT2D eigenvalue weighted by Crippen LogP contribution is -2.32. The standard InChI is InChI=1S/C18H20F3NO.3C2H6/c1-11-3-8-15-12(2)17(10-9-16(15)22-11)23-14-6-4-13(5-7-14)18(19,20)21;3*1-2/h3,8-10,13-14H,4-7H2,1-2H3;3*1-2H3. The van der Waals surface area contributed by atoms with E-state index in [4.69, 9.17) is 4.74 Å². The van der Waals surface area contributed by atoms with Gasteiger partial charge in [-0.1, -0.05) is 47.6 Å². The number of nitrogens with zero attached hydrogens (tertiary/aromatic N) is 1. The number of ether oxygens (including phenoxy) is 1. The van der Waals surface area contributed by atoms with E-state index in [0.29, 0.717) is 12.8 Å². The van der Waals surface area contributed by atoms with E-state index in [-0.39, 0.29) is 18.9 Å². The van der Waals surface area contributed by atoms with Crippen molar-refractivity contribution in [1.29, 1.82) is 0 Å². The Morgan fingerprint density at radius 3 is 1.90 bits per heavy atom. The number of pyridine rings is 1. The smallest absolute Gasteiger partial charge is 0.391 e. The average molecular weight is 414 g/mol. The minimum Gasteiger partial charge on any atom is -0.490 e. The topological polar surface area (TPSA) is 22.1 Å². The molecular weight excluding hydrogens is 375 g/mol. The molecule has 29 heavy (non-hydrogen) atoms. The van der Waals surface area contributed by atoms with Crippen LogP contribution >= 0.6 is 0 Å². The first-order valence-corrected chi connectivity index (χ1v) is 10.9. The Hall–Kier alpha value is -1.78. The quantitative estimate of drug-likeness (QED) is 0.493. The van der Waals surface area contributed by atoms with Gasteiger partial charge in [0.2, 0.25) is 0 Å². The molecule has 0 spiro atoms. The van der Waals surface area contributed by atoms with Crippen molar-refractivity contribution in [3.63, 3.8) is 0 Å². The fourth-order valence-electron chi connectivity index (χ4n) is 3.25. The second kappa shape index (κ2) is 13.4. The first-order chi connectivity index (χ1) is 13.8. The zero-order valence-corrected chi connectivity index (χ0v) is 19.3. The number of halogens is 3. The van der Waals surface area contributed by atoms with Crippen LogP contribution in [0.25, 0.3) is 10.9 Å². The normalized spacial score (nSPS) is 18.3. The lowest BCUT2D eigenvalue weighted by atomic mass is 9.87. The van der Waals surface area contributed by atoms with Crippen molar-refractivity contribution in [3.8, 4) is 5.75 Å². The number of aryl methyl sites for hydroxylation is 2. The van der Waals surface area contributed by atoms with Crippen molar-refractivity contribution in [1.82, 2.24) is 4.98 Å². The van der Waals surface area contributed by atoms with Crippen LogP contribution in [-0.2, 0) is 0 Å². The summed E-state index contributed by atoms with van der Waals surface area (Å²) in [6.45, 7) is 15.9. The summed E-state index contributed by atoms with van der Waals surface area (Å²) in [6.07, 6.45) is -3.00. The molecule has 0 bridgehead atoms. The molecule has 1 saturated carbocycles. The van der Waals surface area contributed by atoms with E-state index in [1.807, 2.05) is 79.7 Å². The second-order valence-corrected chi connectivity index (χ2v) is 6.34. The van der Waals surface area contributed by atoms with Crippen molar-refractivity contribution in [2.45, 2.75) is 93.4 Å². The first kappa shape index (κ1) is 27.2. The van der Waals surface area contributed by atoms with Gasteiger partial charge in [0.1, 0.15) is 5.75 Å². The Morgan fingerprint density at radius 2 is 1.38 bits per heavy atom. The van der Waals surface area contributed by atoms with E-state index >= 15 is 0 Å². The van der Waals surface area contributed by atoms with Gasteiger partial charge in [-0.3, -0.25) is 4.98 Å². The predicted octanol–water partition coefficient (Wildman–Crippen LogP) is 8.43. The van der Waals surface area contributed by atoms with Gasteiger partial charge in [0.25, 0.3) is 0 Å². The molecule has 0 radical (unpaired) electrons. The molecule has 3 rings (SSSR count). The number of fused-ring (bicyclic) bond motifs is 1. The molecule has 2 aromatic rings. The molecule has 2 nitrogen and oxygen atoms in total. The average Bonchev–Trinajstić information content (AvgIpc) is 2.74. The largest absolute Gasteiger partial charge is 0.490 e. The van der Waals surface area contributed by atoms with E-state index in [9.17, 15) is 13.2 Å². The van der Waals surface area contributed by atoms with E-state index in [2.05, 4.69) is 4.98 Å². The third-order valence-corrected chi connectivity index (χ3v) is 4.66. The first-order valence-electron chi connectivity index (χ1n) is 10.9. The summed E-state index contributed by atoms with van der Waals surface area (Å²) >= 11 is 0. The van der Waals surface area contributed by atoms with Crippen molar-refractivity contribution in [2.24, 2.45) is 5.92 Å². The second-order valence-electron chi connectivity index (χ2n) is 6.34. The molecule has 0 amide bonds. The summed E-state index contributed by atoms with van der Waals surface area (Å²) in [7, 11) is 0. The van der Waals surface area contributed by atoms with Gasteiger partial charge in [-0.05, 0) is 57.7 Å². The fourth-order valence-corrected chi connectivity index (χ4v) is 3.25. The van der Waals surface area contributed by atoms with Gasteiger partial charge in [0.15, 0.2) is 0 Å². The van der Waals surface area contributed by atoms with Crippen molar-refractivity contribution >= 4 is 10.9 Å². The SMILES string of the molecule is CC.CC.CC.Cc1ccc2c(C)c(OC3CCC(C(F)(F)F)CC3)ccc2n1. The molecule has 0 saturated heterocycles. The number of benzene rings is 1. The summed E-state index contributed by atoms with van der Waals surface area (Å²) in [5.74, 6) is -0.425. The molecule has 1 heterocycles. The summed E-state index contributed by atoms with van der Waals surface area (Å²) in [4.78, 5) is 4.48. The highest BCUT2D eigenvalue weighted by Gasteiger charge is 2.41. The molecule has 166 valence electrons. The molecule has 0 atom stereocenters. The van der Waals surface area contributed by atoms with Crippen molar-refractivity contribution in [3.05, 3.63) is 35.5 Å². The van der Waals surface area contributed by atoms with E-state index in [1.54, 1.807) is 0 Å². The maximum absolute atomic E-state index is 12.7. The highest BCUT2D eigenvalue weighted by Crippen LogP contribution is 2.39. The molecule has 1 aliphatic rings. The summed E-state index contributed by atoms with van der Waals surface area (Å²) in [5.41, 5.74) is 2.86. The van der Waals surface area contributed by atoms with Crippen LogP contribution < -0.4 is 4.74 Å². The number of hydrogen-bond acceptors (Lipinski definition) is 2. The number of rotatable bonds is 2. The molecule has 1 aliphatic carbocycles. The Balaban J connectivity index is 0.00000120. The molecule has 1 aromatic carbocycles. The van der Waals surface area contributed by atoms with Crippen LogP contribution in [0.1, 0.15) is 78.5 Å². The third kappa shape index (κ3) is 7.87. The number of aromatic nitrogens is 1.